The van der Waals surface area contributed by atoms with Crippen molar-refractivity contribution in [1.82, 2.24) is 10.3 Å². The summed E-state index contributed by atoms with van der Waals surface area (Å²) in [6, 6.07) is 3.25. The molecule has 1 saturated heterocycles. The lowest BCUT2D eigenvalue weighted by Gasteiger charge is -2.10. The zero-order valence-corrected chi connectivity index (χ0v) is 10.00. The number of nitrogens with two attached hydrogens (primary N) is 1. The van der Waals surface area contributed by atoms with Gasteiger partial charge in [0.15, 0.2) is 0 Å². The largest absolute Gasteiger partial charge is 0.366 e. The summed E-state index contributed by atoms with van der Waals surface area (Å²) in [4.78, 5) is 26.5. The molecule has 1 fully saturated rings. The highest BCUT2D eigenvalue weighted by molar-refractivity contribution is 7.99. The summed E-state index contributed by atoms with van der Waals surface area (Å²) in [7, 11) is 0. The van der Waals surface area contributed by atoms with E-state index in [4.69, 9.17) is 5.73 Å². The maximum Gasteiger partial charge on any atom is 0.270 e. The molecule has 17 heavy (non-hydrogen) atoms. The van der Waals surface area contributed by atoms with Crippen LogP contribution in [0.4, 0.5) is 0 Å². The molecular formula is C11H13N3O2S. The topological polar surface area (TPSA) is 85.1 Å². The number of aromatic nitrogens is 1. The Labute approximate surface area is 103 Å². The SMILES string of the molecule is NC(=O)c1ccc(C(=O)NC2CCSC2)nc1. The van der Waals surface area contributed by atoms with Crippen molar-refractivity contribution in [2.75, 3.05) is 11.5 Å². The van der Waals surface area contributed by atoms with Crippen molar-refractivity contribution >= 4 is 23.6 Å². The molecule has 1 unspecified atom stereocenters. The van der Waals surface area contributed by atoms with E-state index in [-0.39, 0.29) is 11.9 Å². The first-order valence-corrected chi connectivity index (χ1v) is 6.47. The van der Waals surface area contributed by atoms with Crippen LogP contribution in [0.25, 0.3) is 0 Å². The van der Waals surface area contributed by atoms with E-state index >= 15 is 0 Å². The molecule has 0 radical (unpaired) electrons. The van der Waals surface area contributed by atoms with Gasteiger partial charge in [-0.1, -0.05) is 0 Å². The second kappa shape index (κ2) is 5.18. The number of nitrogens with one attached hydrogen (secondary N) is 1. The minimum Gasteiger partial charge on any atom is -0.366 e. The predicted octanol–water partition coefficient (Wildman–Crippen LogP) is 0.416. The highest BCUT2D eigenvalue weighted by Gasteiger charge is 2.18. The van der Waals surface area contributed by atoms with Gasteiger partial charge in [0, 0.05) is 18.0 Å². The third kappa shape index (κ3) is 2.97. The molecular weight excluding hydrogens is 238 g/mol. The van der Waals surface area contributed by atoms with Crippen LogP contribution in [0.3, 0.4) is 0 Å². The van der Waals surface area contributed by atoms with Crippen LogP contribution in [0.5, 0.6) is 0 Å². The van der Waals surface area contributed by atoms with Crippen molar-refractivity contribution in [2.24, 2.45) is 5.73 Å². The first kappa shape index (κ1) is 11.9. The normalized spacial score (nSPS) is 18.9. The second-order valence-electron chi connectivity index (χ2n) is 3.83. The fraction of sp³-hybridized carbons (Fsp3) is 0.364. The van der Waals surface area contributed by atoms with Gasteiger partial charge in [0.25, 0.3) is 5.91 Å². The Morgan fingerprint density at radius 3 is 2.82 bits per heavy atom. The number of thioether (sulfide) groups is 1. The van der Waals surface area contributed by atoms with Gasteiger partial charge in [0.1, 0.15) is 5.69 Å². The van der Waals surface area contributed by atoms with Crippen LogP contribution >= 0.6 is 11.8 Å². The lowest BCUT2D eigenvalue weighted by molar-refractivity contribution is 0.0933. The van der Waals surface area contributed by atoms with Gasteiger partial charge in [-0.05, 0) is 24.3 Å². The monoisotopic (exact) mass is 251 g/mol. The summed E-state index contributed by atoms with van der Waals surface area (Å²) < 4.78 is 0. The van der Waals surface area contributed by atoms with Crippen molar-refractivity contribution in [1.29, 1.82) is 0 Å². The van der Waals surface area contributed by atoms with Gasteiger partial charge in [-0.2, -0.15) is 11.8 Å². The molecule has 5 nitrogen and oxygen atoms in total. The molecule has 0 aliphatic carbocycles. The molecule has 2 rings (SSSR count). The van der Waals surface area contributed by atoms with Crippen molar-refractivity contribution in [2.45, 2.75) is 12.5 Å². The molecule has 3 N–H and O–H groups in total. The molecule has 0 saturated carbocycles. The van der Waals surface area contributed by atoms with Crippen molar-refractivity contribution in [3.05, 3.63) is 29.6 Å². The Balaban J connectivity index is 2.01. The summed E-state index contributed by atoms with van der Waals surface area (Å²) >= 11 is 1.83. The number of rotatable bonds is 3. The van der Waals surface area contributed by atoms with Crippen molar-refractivity contribution in [3.63, 3.8) is 0 Å². The van der Waals surface area contributed by atoms with E-state index in [2.05, 4.69) is 10.3 Å². The van der Waals surface area contributed by atoms with Crippen LogP contribution in [0.2, 0.25) is 0 Å². The van der Waals surface area contributed by atoms with E-state index in [0.717, 1.165) is 17.9 Å². The fourth-order valence-electron chi connectivity index (χ4n) is 1.58. The van der Waals surface area contributed by atoms with Crippen LogP contribution in [-0.2, 0) is 0 Å². The fourth-order valence-corrected chi connectivity index (χ4v) is 2.73. The number of pyridine rings is 1. The van der Waals surface area contributed by atoms with Crippen LogP contribution < -0.4 is 11.1 Å². The molecule has 2 amide bonds. The molecule has 90 valence electrons. The van der Waals surface area contributed by atoms with Crippen molar-refractivity contribution in [3.8, 4) is 0 Å². The van der Waals surface area contributed by atoms with Crippen LogP contribution in [-0.4, -0.2) is 34.3 Å². The van der Waals surface area contributed by atoms with Gasteiger partial charge in [-0.25, -0.2) is 0 Å². The molecule has 1 aromatic heterocycles. The van der Waals surface area contributed by atoms with Crippen molar-refractivity contribution < 1.29 is 9.59 Å². The summed E-state index contributed by atoms with van der Waals surface area (Å²) in [5.41, 5.74) is 5.71. The van der Waals surface area contributed by atoms with E-state index < -0.39 is 5.91 Å². The number of nitrogens with zero attached hydrogens (tertiary/aromatic N) is 1. The minimum atomic E-state index is -0.545. The molecule has 1 aromatic rings. The van der Waals surface area contributed by atoms with Gasteiger partial charge < -0.3 is 11.1 Å². The standard InChI is InChI=1S/C11H13N3O2S/c12-10(15)7-1-2-9(13-5-7)11(16)14-8-3-4-17-6-8/h1-2,5,8H,3-4,6H2,(H2,12,15)(H,14,16). The van der Waals surface area contributed by atoms with Gasteiger partial charge in [0.2, 0.25) is 5.91 Å². The molecule has 1 atom stereocenters. The Hall–Kier alpha value is -1.56. The minimum absolute atomic E-state index is 0.200. The summed E-state index contributed by atoms with van der Waals surface area (Å²) in [6.45, 7) is 0. The third-order valence-electron chi connectivity index (χ3n) is 2.55. The van der Waals surface area contributed by atoms with E-state index in [0.29, 0.717) is 11.3 Å². The zero-order chi connectivity index (χ0) is 12.3. The third-order valence-corrected chi connectivity index (χ3v) is 3.71. The van der Waals surface area contributed by atoms with Gasteiger partial charge >= 0.3 is 0 Å². The van der Waals surface area contributed by atoms with Gasteiger partial charge in [-0.3, -0.25) is 14.6 Å². The molecule has 6 heteroatoms. The summed E-state index contributed by atoms with van der Waals surface area (Å²) in [5.74, 6) is 1.29. The van der Waals surface area contributed by atoms with E-state index in [1.807, 2.05) is 11.8 Å². The zero-order valence-electron chi connectivity index (χ0n) is 9.18. The highest BCUT2D eigenvalue weighted by Crippen LogP contribution is 2.17. The average molecular weight is 251 g/mol. The summed E-state index contributed by atoms with van der Waals surface area (Å²) in [6.07, 6.45) is 2.32. The van der Waals surface area contributed by atoms with E-state index in [1.54, 1.807) is 0 Å². The molecule has 2 heterocycles. The quantitative estimate of drug-likeness (QED) is 0.815. The van der Waals surface area contributed by atoms with Gasteiger partial charge in [-0.15, -0.1) is 0 Å². The maximum atomic E-state index is 11.8. The summed E-state index contributed by atoms with van der Waals surface area (Å²) in [5, 5.41) is 2.91. The average Bonchev–Trinajstić information content (AvgIpc) is 2.82. The first-order chi connectivity index (χ1) is 8.16. The lowest BCUT2D eigenvalue weighted by atomic mass is 10.2. The van der Waals surface area contributed by atoms with Gasteiger partial charge in [0.05, 0.1) is 5.56 Å². The Morgan fingerprint density at radius 1 is 1.47 bits per heavy atom. The van der Waals surface area contributed by atoms with Crippen LogP contribution in [0.15, 0.2) is 18.3 Å². The Bertz CT molecular complexity index is 427. The molecule has 1 aliphatic heterocycles. The predicted molar refractivity (Wildman–Crippen MR) is 66.0 cm³/mol. The van der Waals surface area contributed by atoms with Crippen LogP contribution in [0, 0.1) is 0 Å². The number of carbonyl (C=O) groups is 2. The second-order valence-corrected chi connectivity index (χ2v) is 4.98. The van der Waals surface area contributed by atoms with Crippen LogP contribution in [0.1, 0.15) is 27.3 Å². The van der Waals surface area contributed by atoms with E-state index in [9.17, 15) is 9.59 Å². The maximum absolute atomic E-state index is 11.8. The first-order valence-electron chi connectivity index (χ1n) is 5.31. The molecule has 1 aliphatic rings. The molecule has 0 aromatic carbocycles. The Morgan fingerprint density at radius 2 is 2.29 bits per heavy atom. The Kier molecular flexibility index (Phi) is 3.63. The van der Waals surface area contributed by atoms with E-state index in [1.165, 1.54) is 18.3 Å². The smallest absolute Gasteiger partial charge is 0.270 e. The number of amides is 2. The number of carbonyl (C=O) groups excluding carboxylic acids is 2. The number of hydrogen-bond donors (Lipinski definition) is 2. The number of hydrogen-bond acceptors (Lipinski definition) is 4. The molecule has 0 bridgehead atoms. The lowest BCUT2D eigenvalue weighted by Crippen LogP contribution is -2.35. The number of primary amides is 1. The highest BCUT2D eigenvalue weighted by atomic mass is 32.2. The molecule has 0 spiro atoms.